The van der Waals surface area contributed by atoms with Crippen LogP contribution in [0.25, 0.3) is 11.1 Å². The van der Waals surface area contributed by atoms with Gasteiger partial charge >= 0.3 is 12.1 Å². The Hall–Kier alpha value is -3.39. The Kier molecular flexibility index (Phi) is 5.09. The van der Waals surface area contributed by atoms with E-state index in [4.69, 9.17) is 9.47 Å². The van der Waals surface area contributed by atoms with E-state index in [0.717, 1.165) is 28.7 Å². The van der Waals surface area contributed by atoms with Crippen molar-refractivity contribution in [2.24, 2.45) is 5.92 Å². The first kappa shape index (κ1) is 20.5. The Morgan fingerprint density at radius 1 is 1.09 bits per heavy atom. The second kappa shape index (κ2) is 7.94. The van der Waals surface area contributed by atoms with Crippen LogP contribution in [-0.2, 0) is 19.1 Å². The molecule has 2 aliphatic carbocycles. The molecule has 1 aliphatic heterocycles. The van der Waals surface area contributed by atoms with Crippen molar-refractivity contribution in [1.82, 2.24) is 10.6 Å². The topological polar surface area (TPSA) is 114 Å². The molecule has 166 valence electrons. The number of rotatable bonds is 7. The number of aliphatic carboxylic acids is 1. The SMILES string of the molecule is O=C(O)CC(NC(=O)OCC1c2ccccc2-c2ccccc21)C(=O)NC12COCC1C2. The minimum Gasteiger partial charge on any atom is -0.481 e. The van der Waals surface area contributed by atoms with Crippen molar-refractivity contribution in [3.8, 4) is 11.1 Å². The van der Waals surface area contributed by atoms with Gasteiger partial charge in [0.05, 0.1) is 25.2 Å². The average Bonchev–Trinajstić information content (AvgIpc) is 3.15. The van der Waals surface area contributed by atoms with Gasteiger partial charge in [-0.05, 0) is 28.7 Å². The molecule has 1 saturated heterocycles. The summed E-state index contributed by atoms with van der Waals surface area (Å²) in [6.45, 7) is 1.08. The van der Waals surface area contributed by atoms with E-state index in [9.17, 15) is 19.5 Å². The van der Waals surface area contributed by atoms with Crippen LogP contribution in [0.4, 0.5) is 4.79 Å². The molecule has 8 nitrogen and oxygen atoms in total. The van der Waals surface area contributed by atoms with Gasteiger partial charge in [0.15, 0.2) is 0 Å². The van der Waals surface area contributed by atoms with Crippen LogP contribution < -0.4 is 10.6 Å². The van der Waals surface area contributed by atoms with E-state index in [-0.39, 0.29) is 18.4 Å². The van der Waals surface area contributed by atoms with Gasteiger partial charge in [-0.15, -0.1) is 0 Å². The quantitative estimate of drug-likeness (QED) is 0.614. The van der Waals surface area contributed by atoms with Crippen LogP contribution in [0.1, 0.15) is 29.9 Å². The largest absolute Gasteiger partial charge is 0.481 e. The molecule has 8 heteroatoms. The summed E-state index contributed by atoms with van der Waals surface area (Å²) >= 11 is 0. The number of benzene rings is 2. The fourth-order valence-electron chi connectivity index (χ4n) is 4.85. The minimum atomic E-state index is -1.22. The summed E-state index contributed by atoms with van der Waals surface area (Å²) in [5.41, 5.74) is 3.94. The predicted molar refractivity (Wildman–Crippen MR) is 114 cm³/mol. The zero-order valence-electron chi connectivity index (χ0n) is 17.4. The summed E-state index contributed by atoms with van der Waals surface area (Å²) in [6, 6.07) is 14.7. The number of fused-ring (bicyclic) bond motifs is 4. The highest BCUT2D eigenvalue weighted by molar-refractivity contribution is 5.90. The maximum atomic E-state index is 12.7. The highest BCUT2D eigenvalue weighted by Gasteiger charge is 2.59. The van der Waals surface area contributed by atoms with Crippen molar-refractivity contribution in [3.63, 3.8) is 0 Å². The van der Waals surface area contributed by atoms with Crippen LogP contribution in [0.15, 0.2) is 48.5 Å². The van der Waals surface area contributed by atoms with E-state index < -0.39 is 36.0 Å². The molecule has 1 heterocycles. The third kappa shape index (κ3) is 3.71. The molecular formula is C24H24N2O6. The summed E-state index contributed by atoms with van der Waals surface area (Å²) in [5, 5.41) is 14.5. The Bertz CT molecular complexity index is 1040. The van der Waals surface area contributed by atoms with Gasteiger partial charge in [0.25, 0.3) is 0 Å². The Labute approximate surface area is 184 Å². The van der Waals surface area contributed by atoms with Crippen LogP contribution in [-0.4, -0.2) is 54.5 Å². The van der Waals surface area contributed by atoms with Gasteiger partial charge in [-0.25, -0.2) is 4.79 Å². The second-order valence-electron chi connectivity index (χ2n) is 8.68. The number of ether oxygens (including phenoxy) is 2. The van der Waals surface area contributed by atoms with E-state index >= 15 is 0 Å². The summed E-state index contributed by atoms with van der Waals surface area (Å²) in [5.74, 6) is -1.58. The molecule has 2 amide bonds. The number of carbonyl (C=O) groups is 3. The number of hydrogen-bond donors (Lipinski definition) is 3. The number of alkyl carbamates (subject to hydrolysis) is 1. The van der Waals surface area contributed by atoms with Gasteiger partial charge in [0.2, 0.25) is 5.91 Å². The van der Waals surface area contributed by atoms with Crippen molar-refractivity contribution < 1.29 is 29.0 Å². The molecule has 2 aromatic rings. The van der Waals surface area contributed by atoms with Crippen LogP contribution in [0.2, 0.25) is 0 Å². The summed E-state index contributed by atoms with van der Waals surface area (Å²) in [6.07, 6.45) is -0.540. The monoisotopic (exact) mass is 436 g/mol. The molecule has 3 N–H and O–H groups in total. The fraction of sp³-hybridized carbons (Fsp3) is 0.375. The molecular weight excluding hydrogens is 412 g/mol. The van der Waals surface area contributed by atoms with Crippen LogP contribution in [0.3, 0.4) is 0 Å². The lowest BCUT2D eigenvalue weighted by atomic mass is 9.98. The maximum absolute atomic E-state index is 12.7. The lowest BCUT2D eigenvalue weighted by Gasteiger charge is -2.21. The first-order chi connectivity index (χ1) is 15.5. The molecule has 2 fully saturated rings. The standard InChI is InChI=1S/C24H24N2O6/c27-21(28)9-20(22(29)26-24-10-14(24)11-31-13-24)25-23(30)32-12-19-17-7-3-1-5-15(17)16-6-2-4-8-18(16)19/h1-8,14,19-20H,9-13H2,(H,25,30)(H,26,29)(H,27,28). The minimum absolute atomic E-state index is 0.0844. The molecule has 3 unspecified atom stereocenters. The van der Waals surface area contributed by atoms with Gasteiger partial charge in [-0.3, -0.25) is 9.59 Å². The number of hydrogen-bond acceptors (Lipinski definition) is 5. The van der Waals surface area contributed by atoms with E-state index in [1.54, 1.807) is 0 Å². The van der Waals surface area contributed by atoms with Crippen molar-refractivity contribution in [2.75, 3.05) is 19.8 Å². The molecule has 32 heavy (non-hydrogen) atoms. The van der Waals surface area contributed by atoms with Crippen LogP contribution >= 0.6 is 0 Å². The van der Waals surface area contributed by atoms with Gasteiger partial charge in [0.1, 0.15) is 12.6 Å². The smallest absolute Gasteiger partial charge is 0.407 e. The van der Waals surface area contributed by atoms with Gasteiger partial charge < -0.3 is 25.2 Å². The molecule has 3 aliphatic rings. The van der Waals surface area contributed by atoms with E-state index in [0.29, 0.717) is 13.2 Å². The molecule has 5 rings (SSSR count). The second-order valence-corrected chi connectivity index (χ2v) is 8.68. The van der Waals surface area contributed by atoms with Gasteiger partial charge in [-0.1, -0.05) is 48.5 Å². The zero-order valence-corrected chi connectivity index (χ0v) is 17.4. The lowest BCUT2D eigenvalue weighted by molar-refractivity contribution is -0.140. The zero-order chi connectivity index (χ0) is 22.3. The number of nitrogens with one attached hydrogen (secondary N) is 2. The van der Waals surface area contributed by atoms with Gasteiger partial charge in [0, 0.05) is 11.8 Å². The van der Waals surface area contributed by atoms with Crippen molar-refractivity contribution in [1.29, 1.82) is 0 Å². The first-order valence-electron chi connectivity index (χ1n) is 10.7. The molecule has 3 atom stereocenters. The Balaban J connectivity index is 1.24. The Morgan fingerprint density at radius 3 is 2.31 bits per heavy atom. The summed E-state index contributed by atoms with van der Waals surface area (Å²) < 4.78 is 10.8. The molecule has 2 aromatic carbocycles. The van der Waals surface area contributed by atoms with E-state index in [1.807, 2.05) is 48.5 Å². The highest BCUT2D eigenvalue weighted by Crippen LogP contribution is 2.48. The molecule has 0 spiro atoms. The van der Waals surface area contributed by atoms with E-state index in [2.05, 4.69) is 10.6 Å². The number of carbonyl (C=O) groups excluding carboxylic acids is 2. The molecule has 0 radical (unpaired) electrons. The maximum Gasteiger partial charge on any atom is 0.407 e. The summed E-state index contributed by atoms with van der Waals surface area (Å²) in [7, 11) is 0. The number of amides is 2. The molecule has 0 bridgehead atoms. The fourth-order valence-corrected chi connectivity index (χ4v) is 4.85. The van der Waals surface area contributed by atoms with Crippen LogP contribution in [0.5, 0.6) is 0 Å². The van der Waals surface area contributed by atoms with Crippen molar-refractivity contribution >= 4 is 18.0 Å². The third-order valence-corrected chi connectivity index (χ3v) is 6.61. The van der Waals surface area contributed by atoms with Crippen molar-refractivity contribution in [3.05, 3.63) is 59.7 Å². The number of carboxylic acid groups (broad SMARTS) is 1. The molecule has 1 saturated carbocycles. The normalized spacial score (nSPS) is 23.4. The lowest BCUT2D eigenvalue weighted by Crippen LogP contribution is -2.52. The average molecular weight is 436 g/mol. The van der Waals surface area contributed by atoms with Crippen LogP contribution in [0, 0.1) is 5.92 Å². The number of carboxylic acids is 1. The van der Waals surface area contributed by atoms with E-state index in [1.165, 1.54) is 0 Å². The molecule has 0 aromatic heterocycles. The third-order valence-electron chi connectivity index (χ3n) is 6.61. The summed E-state index contributed by atoms with van der Waals surface area (Å²) in [4.78, 5) is 36.5. The first-order valence-corrected chi connectivity index (χ1v) is 10.7. The highest BCUT2D eigenvalue weighted by atomic mass is 16.5. The van der Waals surface area contributed by atoms with Gasteiger partial charge in [-0.2, -0.15) is 0 Å². The van der Waals surface area contributed by atoms with Crippen molar-refractivity contribution in [2.45, 2.75) is 30.3 Å². The predicted octanol–water partition coefficient (Wildman–Crippen LogP) is 2.27. The Morgan fingerprint density at radius 2 is 1.75 bits per heavy atom.